The van der Waals surface area contributed by atoms with E-state index >= 15 is 0 Å². The van der Waals surface area contributed by atoms with Crippen molar-refractivity contribution in [3.63, 3.8) is 0 Å². The monoisotopic (exact) mass is 255 g/mol. The molecule has 0 aromatic carbocycles. The van der Waals surface area contributed by atoms with E-state index in [9.17, 15) is 0 Å². The average molecular weight is 255 g/mol. The van der Waals surface area contributed by atoms with Gasteiger partial charge in [-0.15, -0.1) is 0 Å². The molecule has 1 heteroatoms. The molecule has 0 aliphatic rings. The summed E-state index contributed by atoms with van der Waals surface area (Å²) in [5, 5.41) is 0. The van der Waals surface area contributed by atoms with Gasteiger partial charge in [-0.1, -0.05) is 59.8 Å². The van der Waals surface area contributed by atoms with Crippen LogP contribution in [0.25, 0.3) is 0 Å². The molecule has 0 aromatic heterocycles. The summed E-state index contributed by atoms with van der Waals surface area (Å²) < 4.78 is 0. The third-order valence-electron chi connectivity index (χ3n) is 3.76. The van der Waals surface area contributed by atoms with Crippen molar-refractivity contribution >= 4 is 0 Å². The summed E-state index contributed by atoms with van der Waals surface area (Å²) in [4.78, 5) is 2.69. The lowest BCUT2D eigenvalue weighted by atomic mass is 9.95. The Kier molecular flexibility index (Phi) is 13.4. The van der Waals surface area contributed by atoms with E-state index in [1.54, 1.807) is 0 Å². The number of hydrogen-bond acceptors (Lipinski definition) is 1. The Bertz CT molecular complexity index is 150. The van der Waals surface area contributed by atoms with E-state index in [0.717, 1.165) is 5.92 Å². The van der Waals surface area contributed by atoms with E-state index in [-0.39, 0.29) is 0 Å². The number of rotatable bonds is 13. The second-order valence-electron chi connectivity index (χ2n) is 5.80. The molecular formula is C17H37N. The van der Waals surface area contributed by atoms with Crippen molar-refractivity contribution in [3.05, 3.63) is 0 Å². The molecule has 18 heavy (non-hydrogen) atoms. The molecular weight excluding hydrogens is 218 g/mol. The highest BCUT2D eigenvalue weighted by atomic mass is 15.1. The molecule has 0 aromatic rings. The topological polar surface area (TPSA) is 3.24 Å². The van der Waals surface area contributed by atoms with Crippen LogP contribution in [-0.4, -0.2) is 24.5 Å². The van der Waals surface area contributed by atoms with E-state index in [1.807, 2.05) is 0 Å². The first kappa shape index (κ1) is 18.0. The Hall–Kier alpha value is -0.0400. The Morgan fingerprint density at radius 2 is 1.33 bits per heavy atom. The third kappa shape index (κ3) is 9.94. The van der Waals surface area contributed by atoms with Crippen molar-refractivity contribution in [1.29, 1.82) is 0 Å². The highest BCUT2D eigenvalue weighted by Gasteiger charge is 2.12. The summed E-state index contributed by atoms with van der Waals surface area (Å²) in [7, 11) is 0. The van der Waals surface area contributed by atoms with Gasteiger partial charge in [0.2, 0.25) is 0 Å². The van der Waals surface area contributed by atoms with Gasteiger partial charge in [0, 0.05) is 6.54 Å². The highest BCUT2D eigenvalue weighted by Crippen LogP contribution is 2.18. The molecule has 1 unspecified atom stereocenters. The molecule has 0 saturated carbocycles. The largest absolute Gasteiger partial charge is 0.303 e. The van der Waals surface area contributed by atoms with Crippen molar-refractivity contribution in [2.24, 2.45) is 5.92 Å². The van der Waals surface area contributed by atoms with Gasteiger partial charge in [0.1, 0.15) is 0 Å². The molecule has 0 saturated heterocycles. The van der Waals surface area contributed by atoms with Crippen molar-refractivity contribution in [2.75, 3.05) is 19.6 Å². The number of unbranched alkanes of at least 4 members (excludes halogenated alkanes) is 3. The normalized spacial score (nSPS) is 13.2. The van der Waals surface area contributed by atoms with Crippen LogP contribution in [0, 0.1) is 5.92 Å². The van der Waals surface area contributed by atoms with Crippen molar-refractivity contribution in [2.45, 2.75) is 85.5 Å². The van der Waals surface area contributed by atoms with Crippen LogP contribution >= 0.6 is 0 Å². The molecule has 0 spiro atoms. The van der Waals surface area contributed by atoms with Crippen LogP contribution in [0.5, 0.6) is 0 Å². The zero-order chi connectivity index (χ0) is 13.6. The van der Waals surface area contributed by atoms with Crippen LogP contribution in [0.3, 0.4) is 0 Å². The van der Waals surface area contributed by atoms with Crippen LogP contribution in [-0.2, 0) is 0 Å². The molecule has 0 rings (SSSR count). The fourth-order valence-corrected chi connectivity index (χ4v) is 2.89. The Morgan fingerprint density at radius 3 is 1.83 bits per heavy atom. The second-order valence-corrected chi connectivity index (χ2v) is 5.80. The van der Waals surface area contributed by atoms with Crippen LogP contribution in [0.2, 0.25) is 0 Å². The van der Waals surface area contributed by atoms with Crippen LogP contribution in [0.15, 0.2) is 0 Å². The lowest BCUT2D eigenvalue weighted by Crippen LogP contribution is -2.31. The maximum atomic E-state index is 2.69. The van der Waals surface area contributed by atoms with E-state index in [4.69, 9.17) is 0 Å². The predicted molar refractivity (Wildman–Crippen MR) is 84.2 cm³/mol. The minimum Gasteiger partial charge on any atom is -0.303 e. The van der Waals surface area contributed by atoms with Crippen LogP contribution in [0.1, 0.15) is 85.5 Å². The molecule has 110 valence electrons. The van der Waals surface area contributed by atoms with Gasteiger partial charge in [-0.2, -0.15) is 0 Å². The predicted octanol–water partition coefficient (Wildman–Crippen LogP) is 5.50. The van der Waals surface area contributed by atoms with E-state index in [2.05, 4.69) is 32.6 Å². The Balaban J connectivity index is 3.96. The van der Waals surface area contributed by atoms with Crippen LogP contribution < -0.4 is 0 Å². The molecule has 0 fully saturated rings. The van der Waals surface area contributed by atoms with Gasteiger partial charge < -0.3 is 4.90 Å². The molecule has 0 bridgehead atoms. The average Bonchev–Trinajstić information content (AvgIpc) is 2.35. The van der Waals surface area contributed by atoms with Crippen LogP contribution in [0.4, 0.5) is 0 Å². The second kappa shape index (κ2) is 13.4. The molecule has 1 atom stereocenters. The van der Waals surface area contributed by atoms with Crippen molar-refractivity contribution < 1.29 is 0 Å². The Morgan fingerprint density at radius 1 is 0.667 bits per heavy atom. The van der Waals surface area contributed by atoms with Crippen molar-refractivity contribution in [3.8, 4) is 0 Å². The molecule has 1 nitrogen and oxygen atoms in total. The van der Waals surface area contributed by atoms with Gasteiger partial charge in [0.15, 0.2) is 0 Å². The molecule has 0 heterocycles. The van der Waals surface area contributed by atoms with Gasteiger partial charge >= 0.3 is 0 Å². The zero-order valence-corrected chi connectivity index (χ0v) is 13.5. The zero-order valence-electron chi connectivity index (χ0n) is 13.5. The minimum atomic E-state index is 0.949. The minimum absolute atomic E-state index is 0.949. The van der Waals surface area contributed by atoms with E-state index in [1.165, 1.54) is 77.4 Å². The quantitative estimate of drug-likeness (QED) is 0.393. The molecule has 0 N–H and O–H groups in total. The van der Waals surface area contributed by atoms with Gasteiger partial charge in [0.05, 0.1) is 0 Å². The van der Waals surface area contributed by atoms with Gasteiger partial charge in [0.25, 0.3) is 0 Å². The Labute approximate surface area is 116 Å². The fraction of sp³-hybridized carbons (Fsp3) is 1.00. The summed E-state index contributed by atoms with van der Waals surface area (Å²) in [6, 6.07) is 0. The van der Waals surface area contributed by atoms with Crippen molar-refractivity contribution in [1.82, 2.24) is 4.90 Å². The summed E-state index contributed by atoms with van der Waals surface area (Å²) in [5.74, 6) is 0.949. The first-order valence-electron chi connectivity index (χ1n) is 8.50. The summed E-state index contributed by atoms with van der Waals surface area (Å²) >= 11 is 0. The first-order chi connectivity index (χ1) is 8.78. The number of hydrogen-bond donors (Lipinski definition) is 0. The smallest absolute Gasteiger partial charge is 0.000965 e. The van der Waals surface area contributed by atoms with E-state index < -0.39 is 0 Å². The summed E-state index contributed by atoms with van der Waals surface area (Å²) in [6.07, 6.45) is 12.5. The maximum Gasteiger partial charge on any atom is 0.000965 e. The molecule has 0 aliphatic carbocycles. The number of nitrogens with zero attached hydrogens (tertiary/aromatic N) is 1. The third-order valence-corrected chi connectivity index (χ3v) is 3.76. The van der Waals surface area contributed by atoms with Gasteiger partial charge in [-0.05, 0) is 44.7 Å². The summed E-state index contributed by atoms with van der Waals surface area (Å²) in [5.41, 5.74) is 0. The lowest BCUT2D eigenvalue weighted by molar-refractivity contribution is 0.214. The van der Waals surface area contributed by atoms with E-state index in [0.29, 0.717) is 0 Å². The fourth-order valence-electron chi connectivity index (χ4n) is 2.89. The molecule has 0 amide bonds. The maximum absolute atomic E-state index is 2.69. The summed E-state index contributed by atoms with van der Waals surface area (Å²) in [6.45, 7) is 13.2. The first-order valence-corrected chi connectivity index (χ1v) is 8.50. The standard InChI is InChI=1S/C17H37N/c1-5-9-10-11-13-17(12-6-2)16-18(14-7-3)15-8-4/h17H,5-16H2,1-4H3. The lowest BCUT2D eigenvalue weighted by Gasteiger charge is -2.27. The molecule has 0 radical (unpaired) electrons. The highest BCUT2D eigenvalue weighted by molar-refractivity contribution is 4.66. The SMILES string of the molecule is CCCCCCC(CCC)CN(CCC)CCC. The van der Waals surface area contributed by atoms with Gasteiger partial charge in [-0.3, -0.25) is 0 Å². The van der Waals surface area contributed by atoms with Gasteiger partial charge in [-0.25, -0.2) is 0 Å². The molecule has 0 aliphatic heterocycles.